The number of thiophene rings is 1. The Labute approximate surface area is 327 Å². The first-order valence-electron chi connectivity index (χ1n) is 17.8. The number of aryl methyl sites for hydroxylation is 1. The summed E-state index contributed by atoms with van der Waals surface area (Å²) in [7, 11) is -8.82. The van der Waals surface area contributed by atoms with E-state index in [1.165, 1.54) is 4.70 Å². The Bertz CT molecular complexity index is 2870. The monoisotopic (exact) mass is 810 g/mol. The molecule has 0 saturated heterocycles. The number of rotatable bonds is 13. The Morgan fingerprint density at radius 2 is 1.67 bits per heavy atom. The predicted molar refractivity (Wildman–Crippen MR) is 218 cm³/mol. The minimum absolute atomic E-state index is 0.112. The van der Waals surface area contributed by atoms with Crippen LogP contribution in [0.5, 0.6) is 0 Å². The third kappa shape index (κ3) is 8.02. The van der Waals surface area contributed by atoms with Gasteiger partial charge in [0, 0.05) is 63.0 Å². The molecular formula is C41H36N3O7S4-. The maximum Gasteiger partial charge on any atom is 0.374 e. The average Bonchev–Trinajstić information content (AvgIpc) is 3.93. The van der Waals surface area contributed by atoms with Gasteiger partial charge in [-0.15, -0.1) is 11.3 Å². The molecule has 0 radical (unpaired) electrons. The molecule has 0 bridgehead atoms. The number of nitrogens with zero attached hydrogens (tertiary/aromatic N) is 3. The second-order valence-electron chi connectivity index (χ2n) is 13.4. The Balaban J connectivity index is 1.18. The lowest BCUT2D eigenvalue weighted by Gasteiger charge is -2.22. The van der Waals surface area contributed by atoms with Crippen molar-refractivity contribution < 1.29 is 34.9 Å². The zero-order chi connectivity index (χ0) is 38.3. The van der Waals surface area contributed by atoms with Gasteiger partial charge >= 0.3 is 5.89 Å². The van der Waals surface area contributed by atoms with Crippen LogP contribution in [0.2, 0.25) is 0 Å². The van der Waals surface area contributed by atoms with Crippen LogP contribution in [0.4, 0.5) is 5.69 Å². The molecule has 1 aliphatic rings. The highest BCUT2D eigenvalue weighted by atomic mass is 32.2. The Kier molecular flexibility index (Phi) is 10.2. The van der Waals surface area contributed by atoms with Gasteiger partial charge in [-0.3, -0.25) is 0 Å². The van der Waals surface area contributed by atoms with E-state index in [-0.39, 0.29) is 19.4 Å². The van der Waals surface area contributed by atoms with Crippen LogP contribution < -0.4 is 9.47 Å². The van der Waals surface area contributed by atoms with Gasteiger partial charge in [0.1, 0.15) is 0 Å². The molecule has 0 N–H and O–H groups in total. The zero-order valence-electron chi connectivity index (χ0n) is 29.8. The van der Waals surface area contributed by atoms with Crippen LogP contribution in [0.25, 0.3) is 55.0 Å². The molecule has 55 heavy (non-hydrogen) atoms. The first-order valence-corrected chi connectivity index (χ1v) is 22.7. The summed E-state index contributed by atoms with van der Waals surface area (Å²) in [5.41, 5.74) is 7.31. The van der Waals surface area contributed by atoms with Crippen LogP contribution in [0.15, 0.2) is 129 Å². The summed E-state index contributed by atoms with van der Waals surface area (Å²) in [5, 5.41) is 5.25. The van der Waals surface area contributed by atoms with E-state index in [9.17, 15) is 25.9 Å². The quantitative estimate of drug-likeness (QED) is 0.0827. The largest absolute Gasteiger partial charge is 0.748 e. The molecule has 0 saturated carbocycles. The van der Waals surface area contributed by atoms with E-state index < -0.39 is 31.7 Å². The molecule has 0 fully saturated rings. The van der Waals surface area contributed by atoms with Gasteiger partial charge in [-0.05, 0) is 83.3 Å². The highest BCUT2D eigenvalue weighted by Gasteiger charge is 2.27. The summed E-state index contributed by atoms with van der Waals surface area (Å²) < 4.78 is 81.2. The van der Waals surface area contributed by atoms with Gasteiger partial charge in [0.2, 0.25) is 5.58 Å². The number of para-hydroxylation sites is 1. The third-order valence-corrected chi connectivity index (χ3v) is 13.3. The van der Waals surface area contributed by atoms with Crippen LogP contribution in [0.1, 0.15) is 32.1 Å². The van der Waals surface area contributed by atoms with Crippen LogP contribution in [0, 0.1) is 0 Å². The summed E-state index contributed by atoms with van der Waals surface area (Å²) in [6, 6.07) is 30.6. The van der Waals surface area contributed by atoms with Crippen molar-refractivity contribution in [3.8, 4) is 16.8 Å². The molecule has 3 aromatic heterocycles. The molecule has 4 heterocycles. The first kappa shape index (κ1) is 37.2. The van der Waals surface area contributed by atoms with Crippen molar-refractivity contribution in [2.45, 2.75) is 37.6 Å². The first-order chi connectivity index (χ1) is 26.4. The highest BCUT2D eigenvalue weighted by Crippen LogP contribution is 2.47. The fourth-order valence-electron chi connectivity index (χ4n) is 7.06. The molecule has 282 valence electrons. The molecule has 0 amide bonds. The number of anilines is 1. The highest BCUT2D eigenvalue weighted by molar-refractivity contribution is 8.03. The lowest BCUT2D eigenvalue weighted by Crippen LogP contribution is -2.36. The summed E-state index contributed by atoms with van der Waals surface area (Å²) >= 11 is 3.23. The SMILES string of the molecule is CCC(/C=C1\Sc2ccc(-n3ccc4ccccc43)cc2N1CCCS(=O)(=O)[O-])=C\c1oc2ccc(-c3csc4ccccc34)cc2[n+]1CCCS(=O)(=O)[O-]. The molecule has 4 aromatic carbocycles. The predicted octanol–water partition coefficient (Wildman–Crippen LogP) is 8.66. The van der Waals surface area contributed by atoms with E-state index in [0.717, 1.165) is 59.8 Å². The van der Waals surface area contributed by atoms with E-state index in [4.69, 9.17) is 4.42 Å². The van der Waals surface area contributed by atoms with Crippen LogP contribution in [0.3, 0.4) is 0 Å². The second kappa shape index (κ2) is 15.1. The summed E-state index contributed by atoms with van der Waals surface area (Å²) in [4.78, 5) is 3.06. The molecular weight excluding hydrogens is 775 g/mol. The second-order valence-corrected chi connectivity index (χ2v) is 18.4. The van der Waals surface area contributed by atoms with Gasteiger partial charge in [-0.2, -0.15) is 4.57 Å². The van der Waals surface area contributed by atoms with E-state index >= 15 is 0 Å². The van der Waals surface area contributed by atoms with Gasteiger partial charge in [0.15, 0.2) is 6.54 Å². The molecule has 0 spiro atoms. The smallest absolute Gasteiger partial charge is 0.374 e. The molecule has 7 aromatic rings. The Morgan fingerprint density at radius 3 is 2.49 bits per heavy atom. The van der Waals surface area contributed by atoms with Gasteiger partial charge in [0.25, 0.3) is 5.52 Å². The third-order valence-electron chi connectivity index (χ3n) is 9.69. The minimum Gasteiger partial charge on any atom is -0.748 e. The van der Waals surface area contributed by atoms with Crippen LogP contribution >= 0.6 is 23.1 Å². The summed E-state index contributed by atoms with van der Waals surface area (Å²) in [5.74, 6) is -0.471. The van der Waals surface area contributed by atoms with Crippen LogP contribution in [-0.4, -0.2) is 48.6 Å². The number of fused-ring (bicyclic) bond motifs is 4. The lowest BCUT2D eigenvalue weighted by molar-refractivity contribution is -0.677. The average molecular weight is 811 g/mol. The number of hydrogen-bond acceptors (Lipinski definition) is 10. The molecule has 0 unspecified atom stereocenters. The number of benzene rings is 4. The lowest BCUT2D eigenvalue weighted by atomic mass is 10.0. The van der Waals surface area contributed by atoms with Gasteiger partial charge in [-0.25, -0.2) is 16.8 Å². The van der Waals surface area contributed by atoms with Gasteiger partial charge < -0.3 is 23.0 Å². The van der Waals surface area contributed by atoms with Crippen molar-refractivity contribution in [3.63, 3.8) is 0 Å². The topological polar surface area (TPSA) is 140 Å². The van der Waals surface area contributed by atoms with Crippen molar-refractivity contribution in [1.29, 1.82) is 0 Å². The molecule has 0 aliphatic carbocycles. The molecule has 1 aliphatic heterocycles. The standard InChI is InChI=1S/C41H37N3O7S4/c1-2-28(23-40-43(18-7-21-54(45,46)47)35-25-30(13-15-37(35)51-40)33-27-52-38-12-6-4-10-32(33)38)24-41-44(19-8-22-55(48,49)50)36-26-31(14-16-39(36)53-41)42-20-17-29-9-3-5-11-34(29)42/h3-6,9-17,20,23-27H,2,7-8,18-19,21-22H2,1H3,(H-,45,46,47,48,49,50)/p-1. The van der Waals surface area contributed by atoms with Gasteiger partial charge in [0.05, 0.1) is 42.5 Å². The van der Waals surface area contributed by atoms with Crippen molar-refractivity contribution >= 4 is 87.2 Å². The normalized spacial score (nSPS) is 14.6. The van der Waals surface area contributed by atoms with E-state index in [2.05, 4.69) is 63.4 Å². The van der Waals surface area contributed by atoms with Crippen molar-refractivity contribution in [2.75, 3.05) is 23.0 Å². The maximum absolute atomic E-state index is 11.6. The zero-order valence-corrected chi connectivity index (χ0v) is 33.0. The van der Waals surface area contributed by atoms with Gasteiger partial charge in [-0.1, -0.05) is 61.2 Å². The Morgan fingerprint density at radius 1 is 0.891 bits per heavy atom. The minimum atomic E-state index is -4.42. The van der Waals surface area contributed by atoms with Crippen molar-refractivity contribution in [2.24, 2.45) is 0 Å². The fourth-order valence-corrected chi connectivity index (χ4v) is 10.1. The fraction of sp³-hybridized carbons (Fsp3) is 0.195. The molecule has 8 rings (SSSR count). The number of allylic oxidation sites excluding steroid dienone is 2. The number of hydrogen-bond donors (Lipinski definition) is 0. The van der Waals surface area contributed by atoms with Crippen LogP contribution in [-0.2, 0) is 26.8 Å². The number of thioether (sulfide) groups is 1. The maximum atomic E-state index is 11.6. The van der Waals surface area contributed by atoms with E-state index in [0.29, 0.717) is 24.4 Å². The molecule has 14 heteroatoms. The number of oxazole rings is 1. The molecule has 0 atom stereocenters. The van der Waals surface area contributed by atoms with Crippen molar-refractivity contribution in [1.82, 2.24) is 4.57 Å². The number of aromatic nitrogens is 2. The summed E-state index contributed by atoms with van der Waals surface area (Å²) in [6.07, 6.45) is 6.88. The van der Waals surface area contributed by atoms with E-state index in [1.54, 1.807) is 23.1 Å². The van der Waals surface area contributed by atoms with E-state index in [1.807, 2.05) is 72.3 Å². The summed E-state index contributed by atoms with van der Waals surface area (Å²) in [6.45, 7) is 2.58. The Hall–Kier alpha value is -4.70. The molecule has 10 nitrogen and oxygen atoms in total. The van der Waals surface area contributed by atoms with Crippen molar-refractivity contribution in [3.05, 3.63) is 125 Å².